The highest BCUT2D eigenvalue weighted by molar-refractivity contribution is 7.80. The Bertz CT molecular complexity index is 1070. The maximum absolute atomic E-state index is 5.89. The number of anilines is 1. The average Bonchev–Trinajstić information content (AvgIpc) is 2.87. The number of benzene rings is 4. The molecule has 0 radical (unpaired) electrons. The molecule has 0 spiro atoms. The van der Waals surface area contributed by atoms with E-state index in [4.69, 9.17) is 17.0 Å². The van der Waals surface area contributed by atoms with Gasteiger partial charge < -0.3 is 15.0 Å². The molecule has 0 bridgehead atoms. The van der Waals surface area contributed by atoms with Crippen molar-refractivity contribution in [3.63, 3.8) is 0 Å². The number of nitrogens with one attached hydrogen (secondary N) is 1. The number of hydrogen-bond acceptors (Lipinski definition) is 2. The molecular formula is C29H28N2OS. The molecule has 0 aliphatic rings. The molecule has 4 aromatic carbocycles. The van der Waals surface area contributed by atoms with Crippen LogP contribution >= 0.6 is 12.2 Å². The third-order valence-corrected chi connectivity index (χ3v) is 5.76. The summed E-state index contributed by atoms with van der Waals surface area (Å²) in [6, 6.07) is 38.8. The van der Waals surface area contributed by atoms with E-state index in [1.807, 2.05) is 66.7 Å². The van der Waals surface area contributed by atoms with E-state index >= 15 is 0 Å². The highest BCUT2D eigenvalue weighted by atomic mass is 32.1. The van der Waals surface area contributed by atoms with Crippen LogP contribution in [-0.2, 0) is 12.8 Å². The van der Waals surface area contributed by atoms with Crippen LogP contribution in [0, 0.1) is 0 Å². The summed E-state index contributed by atoms with van der Waals surface area (Å²) in [6.45, 7) is 1.72. The first-order chi connectivity index (χ1) is 16.3. The molecule has 3 nitrogen and oxygen atoms in total. The van der Waals surface area contributed by atoms with Gasteiger partial charge in [-0.15, -0.1) is 0 Å². The Morgan fingerprint density at radius 3 is 1.58 bits per heavy atom. The molecule has 0 amide bonds. The number of nitrogens with zero attached hydrogens (tertiary/aromatic N) is 1. The normalized spacial score (nSPS) is 10.4. The SMILES string of the molecule is S=C(Nc1ccc(Oc2ccccc2)cc1)N(CCc1ccccc1)CCc1ccccc1. The minimum atomic E-state index is 0.735. The first-order valence-corrected chi connectivity index (χ1v) is 11.6. The molecule has 4 aromatic rings. The van der Waals surface area contributed by atoms with Gasteiger partial charge in [0.25, 0.3) is 0 Å². The zero-order chi connectivity index (χ0) is 22.7. The Morgan fingerprint density at radius 2 is 1.06 bits per heavy atom. The molecule has 0 fully saturated rings. The monoisotopic (exact) mass is 452 g/mol. The van der Waals surface area contributed by atoms with Crippen LogP contribution in [0.3, 0.4) is 0 Å². The van der Waals surface area contributed by atoms with Crippen molar-refractivity contribution in [2.75, 3.05) is 18.4 Å². The maximum atomic E-state index is 5.89. The summed E-state index contributed by atoms with van der Waals surface area (Å²) in [5.74, 6) is 1.62. The second-order valence-electron chi connectivity index (χ2n) is 7.83. The lowest BCUT2D eigenvalue weighted by Crippen LogP contribution is -2.37. The summed E-state index contributed by atoms with van der Waals surface area (Å²) in [6.07, 6.45) is 1.89. The Labute approximate surface area is 201 Å². The molecule has 0 atom stereocenters. The Morgan fingerprint density at radius 1 is 0.606 bits per heavy atom. The van der Waals surface area contributed by atoms with Crippen molar-refractivity contribution < 1.29 is 4.74 Å². The van der Waals surface area contributed by atoms with Gasteiger partial charge in [-0.25, -0.2) is 0 Å². The molecule has 0 aromatic heterocycles. The van der Waals surface area contributed by atoms with E-state index in [2.05, 4.69) is 58.7 Å². The second kappa shape index (κ2) is 11.8. The fraction of sp³-hybridized carbons (Fsp3) is 0.138. The Balaban J connectivity index is 1.38. The summed E-state index contributed by atoms with van der Waals surface area (Å²) < 4.78 is 5.89. The first-order valence-electron chi connectivity index (χ1n) is 11.2. The van der Waals surface area contributed by atoms with Gasteiger partial charge in [0, 0.05) is 18.8 Å². The van der Waals surface area contributed by atoms with Crippen molar-refractivity contribution in [2.45, 2.75) is 12.8 Å². The number of thiocarbonyl (C=S) groups is 1. The molecule has 0 aliphatic carbocycles. The molecule has 0 aliphatic heterocycles. The first kappa shape index (κ1) is 22.6. The molecule has 0 heterocycles. The lowest BCUT2D eigenvalue weighted by Gasteiger charge is -2.26. The molecule has 33 heavy (non-hydrogen) atoms. The number of rotatable bonds is 9. The zero-order valence-corrected chi connectivity index (χ0v) is 19.4. The topological polar surface area (TPSA) is 24.5 Å². The lowest BCUT2D eigenvalue weighted by molar-refractivity contribution is 0.432. The average molecular weight is 453 g/mol. The van der Waals surface area contributed by atoms with Crippen molar-refractivity contribution >= 4 is 23.0 Å². The van der Waals surface area contributed by atoms with Crippen molar-refractivity contribution in [1.29, 1.82) is 0 Å². The van der Waals surface area contributed by atoms with E-state index in [1.165, 1.54) is 11.1 Å². The van der Waals surface area contributed by atoms with Crippen LogP contribution in [0.5, 0.6) is 11.5 Å². The Hall–Kier alpha value is -3.63. The summed E-state index contributed by atoms with van der Waals surface area (Å²) in [7, 11) is 0. The fourth-order valence-electron chi connectivity index (χ4n) is 3.57. The predicted octanol–water partition coefficient (Wildman–Crippen LogP) is 6.96. The van der Waals surface area contributed by atoms with Gasteiger partial charge in [0.2, 0.25) is 0 Å². The van der Waals surface area contributed by atoms with E-state index in [0.29, 0.717) is 0 Å². The lowest BCUT2D eigenvalue weighted by atomic mass is 10.1. The standard InChI is InChI=1S/C29H28N2OS/c33-29(30-26-16-18-28(19-17-26)32-27-14-8-3-9-15-27)31(22-20-24-10-4-1-5-11-24)23-21-25-12-6-2-7-13-25/h1-19H,20-23H2,(H,30,33). The van der Waals surface area contributed by atoms with Crippen LogP contribution in [0.4, 0.5) is 5.69 Å². The summed E-state index contributed by atoms with van der Waals surface area (Å²) in [4.78, 5) is 2.25. The van der Waals surface area contributed by atoms with E-state index < -0.39 is 0 Å². The smallest absolute Gasteiger partial charge is 0.173 e. The van der Waals surface area contributed by atoms with Crippen LogP contribution in [0.2, 0.25) is 0 Å². The molecule has 0 saturated heterocycles. The van der Waals surface area contributed by atoms with Crippen LogP contribution in [-0.4, -0.2) is 23.1 Å². The van der Waals surface area contributed by atoms with Gasteiger partial charge in [0.15, 0.2) is 5.11 Å². The number of para-hydroxylation sites is 1. The molecule has 1 N–H and O–H groups in total. The quantitative estimate of drug-likeness (QED) is 0.277. The minimum Gasteiger partial charge on any atom is -0.457 e. The van der Waals surface area contributed by atoms with Gasteiger partial charge in [0.1, 0.15) is 11.5 Å². The fourth-order valence-corrected chi connectivity index (χ4v) is 3.87. The van der Waals surface area contributed by atoms with Crippen LogP contribution in [0.1, 0.15) is 11.1 Å². The minimum absolute atomic E-state index is 0.735. The van der Waals surface area contributed by atoms with Crippen LogP contribution < -0.4 is 10.1 Å². The van der Waals surface area contributed by atoms with Crippen molar-refractivity contribution in [3.05, 3.63) is 126 Å². The molecule has 0 unspecified atom stereocenters. The second-order valence-corrected chi connectivity index (χ2v) is 8.21. The summed E-state index contributed by atoms with van der Waals surface area (Å²) in [5, 5.41) is 4.14. The van der Waals surface area contributed by atoms with Gasteiger partial charge in [-0.3, -0.25) is 0 Å². The van der Waals surface area contributed by atoms with Gasteiger partial charge in [-0.05, 0) is 72.6 Å². The van der Waals surface area contributed by atoms with Crippen LogP contribution in [0.15, 0.2) is 115 Å². The zero-order valence-electron chi connectivity index (χ0n) is 18.6. The van der Waals surface area contributed by atoms with Gasteiger partial charge in [-0.1, -0.05) is 78.9 Å². The van der Waals surface area contributed by atoms with Crippen molar-refractivity contribution in [3.8, 4) is 11.5 Å². The molecule has 4 rings (SSSR count). The third-order valence-electron chi connectivity index (χ3n) is 5.40. The van der Waals surface area contributed by atoms with Crippen molar-refractivity contribution in [2.24, 2.45) is 0 Å². The number of ether oxygens (including phenoxy) is 1. The highest BCUT2D eigenvalue weighted by Crippen LogP contribution is 2.23. The van der Waals surface area contributed by atoms with E-state index in [0.717, 1.165) is 48.2 Å². The Kier molecular flexibility index (Phi) is 8.09. The van der Waals surface area contributed by atoms with Gasteiger partial charge in [-0.2, -0.15) is 0 Å². The van der Waals surface area contributed by atoms with Crippen molar-refractivity contribution in [1.82, 2.24) is 4.90 Å². The van der Waals surface area contributed by atoms with Gasteiger partial charge in [0.05, 0.1) is 0 Å². The predicted molar refractivity (Wildman–Crippen MR) is 141 cm³/mol. The largest absolute Gasteiger partial charge is 0.457 e. The number of hydrogen-bond donors (Lipinski definition) is 1. The molecule has 4 heteroatoms. The molecule has 0 saturated carbocycles. The molecular weight excluding hydrogens is 424 g/mol. The van der Waals surface area contributed by atoms with Gasteiger partial charge >= 0.3 is 0 Å². The van der Waals surface area contributed by atoms with E-state index in [-0.39, 0.29) is 0 Å². The highest BCUT2D eigenvalue weighted by Gasteiger charge is 2.11. The summed E-state index contributed by atoms with van der Waals surface area (Å²) >= 11 is 5.81. The van der Waals surface area contributed by atoms with E-state index in [9.17, 15) is 0 Å². The maximum Gasteiger partial charge on any atom is 0.173 e. The summed E-state index contributed by atoms with van der Waals surface area (Å²) in [5.41, 5.74) is 3.57. The van der Waals surface area contributed by atoms with E-state index in [1.54, 1.807) is 0 Å². The molecule has 166 valence electrons. The third kappa shape index (κ3) is 7.19. The van der Waals surface area contributed by atoms with Crippen LogP contribution in [0.25, 0.3) is 0 Å².